The molecule has 28 heavy (non-hydrogen) atoms. The lowest BCUT2D eigenvalue weighted by molar-refractivity contribution is 0.0292. The standard InChI is InChI=1S/C22H24ClN3O2/c23-19-13-17(12-18-15-24-10-11-27-18)6-7-20(19)28-21(22-25-8-9-26-22)14-16-4-2-1-3-5-16/h1-9,13,18,21,24H,10-12,14-15H2,(H,25,26)/t18?,21-/m1/s1. The van der Waals surface area contributed by atoms with Crippen molar-refractivity contribution in [2.45, 2.75) is 25.0 Å². The van der Waals surface area contributed by atoms with Crippen molar-refractivity contribution in [2.24, 2.45) is 0 Å². The van der Waals surface area contributed by atoms with E-state index < -0.39 is 0 Å². The molecule has 1 saturated heterocycles. The van der Waals surface area contributed by atoms with Crippen LogP contribution in [-0.4, -0.2) is 35.8 Å². The number of benzene rings is 2. The molecule has 0 spiro atoms. The van der Waals surface area contributed by atoms with Gasteiger partial charge in [0.1, 0.15) is 11.6 Å². The number of halogens is 1. The smallest absolute Gasteiger partial charge is 0.160 e. The van der Waals surface area contributed by atoms with E-state index in [0.717, 1.165) is 37.5 Å². The number of ether oxygens (including phenoxy) is 2. The van der Waals surface area contributed by atoms with Crippen molar-refractivity contribution in [3.05, 3.63) is 82.9 Å². The van der Waals surface area contributed by atoms with E-state index in [1.165, 1.54) is 5.56 Å². The zero-order valence-electron chi connectivity index (χ0n) is 15.6. The van der Waals surface area contributed by atoms with Gasteiger partial charge in [0.15, 0.2) is 6.10 Å². The van der Waals surface area contributed by atoms with Crippen LogP contribution in [-0.2, 0) is 17.6 Å². The molecule has 6 heteroatoms. The number of rotatable bonds is 7. The average Bonchev–Trinajstić information content (AvgIpc) is 3.26. The first-order valence-corrected chi connectivity index (χ1v) is 9.96. The maximum absolute atomic E-state index is 6.54. The fraction of sp³-hybridized carbons (Fsp3) is 0.318. The lowest BCUT2D eigenvalue weighted by atomic mass is 10.1. The maximum Gasteiger partial charge on any atom is 0.160 e. The fourth-order valence-electron chi connectivity index (χ4n) is 3.41. The van der Waals surface area contributed by atoms with Gasteiger partial charge in [-0.05, 0) is 29.7 Å². The zero-order chi connectivity index (χ0) is 19.2. The van der Waals surface area contributed by atoms with Crippen molar-refractivity contribution >= 4 is 11.6 Å². The van der Waals surface area contributed by atoms with E-state index in [4.69, 9.17) is 21.1 Å². The molecule has 0 amide bonds. The Balaban J connectivity index is 1.48. The first-order valence-electron chi connectivity index (χ1n) is 9.58. The number of aromatic amines is 1. The molecule has 2 N–H and O–H groups in total. The van der Waals surface area contributed by atoms with Gasteiger partial charge in [-0.15, -0.1) is 0 Å². The Kier molecular flexibility index (Phi) is 6.27. The van der Waals surface area contributed by atoms with E-state index in [-0.39, 0.29) is 12.2 Å². The molecular weight excluding hydrogens is 374 g/mol. The van der Waals surface area contributed by atoms with Gasteiger partial charge in [-0.2, -0.15) is 0 Å². The predicted molar refractivity (Wildman–Crippen MR) is 110 cm³/mol. The average molecular weight is 398 g/mol. The number of hydrogen-bond donors (Lipinski definition) is 2. The van der Waals surface area contributed by atoms with Crippen molar-refractivity contribution in [1.82, 2.24) is 15.3 Å². The first kappa shape index (κ1) is 19.0. The number of aromatic nitrogens is 2. The molecule has 4 rings (SSSR count). The van der Waals surface area contributed by atoms with Gasteiger partial charge in [0.05, 0.1) is 17.7 Å². The number of nitrogens with zero attached hydrogens (tertiary/aromatic N) is 1. The summed E-state index contributed by atoms with van der Waals surface area (Å²) in [5.74, 6) is 1.44. The molecule has 0 aliphatic carbocycles. The third kappa shape index (κ3) is 4.93. The highest BCUT2D eigenvalue weighted by atomic mass is 35.5. The number of imidazole rings is 1. The van der Waals surface area contributed by atoms with Gasteiger partial charge in [0.2, 0.25) is 0 Å². The van der Waals surface area contributed by atoms with Gasteiger partial charge in [0, 0.05) is 31.9 Å². The number of hydrogen-bond acceptors (Lipinski definition) is 4. The van der Waals surface area contributed by atoms with E-state index in [2.05, 4.69) is 33.5 Å². The van der Waals surface area contributed by atoms with Crippen LogP contribution in [0.4, 0.5) is 0 Å². The second kappa shape index (κ2) is 9.24. The third-order valence-electron chi connectivity index (χ3n) is 4.82. The Morgan fingerprint density at radius 2 is 2.07 bits per heavy atom. The minimum absolute atomic E-state index is 0.186. The summed E-state index contributed by atoms with van der Waals surface area (Å²) in [6.07, 6.45) is 5.02. The van der Waals surface area contributed by atoms with Crippen molar-refractivity contribution in [2.75, 3.05) is 19.7 Å². The fourth-order valence-corrected chi connectivity index (χ4v) is 3.66. The third-order valence-corrected chi connectivity index (χ3v) is 5.12. The minimum atomic E-state index is -0.244. The summed E-state index contributed by atoms with van der Waals surface area (Å²) in [7, 11) is 0. The van der Waals surface area contributed by atoms with Crippen LogP contribution < -0.4 is 10.1 Å². The Morgan fingerprint density at radius 3 is 2.79 bits per heavy atom. The lowest BCUT2D eigenvalue weighted by Gasteiger charge is -2.24. The molecule has 1 fully saturated rings. The first-order chi connectivity index (χ1) is 13.8. The zero-order valence-corrected chi connectivity index (χ0v) is 16.4. The van der Waals surface area contributed by atoms with Crippen LogP contribution in [0.3, 0.4) is 0 Å². The van der Waals surface area contributed by atoms with Crippen LogP contribution in [0.25, 0.3) is 0 Å². The van der Waals surface area contributed by atoms with E-state index >= 15 is 0 Å². The summed E-state index contributed by atoms with van der Waals surface area (Å²) >= 11 is 6.54. The van der Waals surface area contributed by atoms with Crippen molar-refractivity contribution in [3.63, 3.8) is 0 Å². The summed E-state index contributed by atoms with van der Waals surface area (Å²) in [6, 6.07) is 16.2. The SMILES string of the molecule is Clc1cc(CC2CNCCO2)ccc1O[C@H](Cc1ccccc1)c1ncc[nH]1. The van der Waals surface area contributed by atoms with Crippen LogP contribution in [0.15, 0.2) is 60.9 Å². The normalized spacial score (nSPS) is 18.0. The molecule has 1 unspecified atom stereocenters. The van der Waals surface area contributed by atoms with Crippen LogP contribution in [0.2, 0.25) is 5.02 Å². The van der Waals surface area contributed by atoms with Crippen LogP contribution in [0.5, 0.6) is 5.75 Å². The molecule has 5 nitrogen and oxygen atoms in total. The second-order valence-electron chi connectivity index (χ2n) is 6.94. The molecule has 1 aliphatic rings. The van der Waals surface area contributed by atoms with Gasteiger partial charge < -0.3 is 19.8 Å². The molecule has 0 saturated carbocycles. The summed E-state index contributed by atoms with van der Waals surface area (Å²) in [5.41, 5.74) is 2.32. The number of H-pyrrole nitrogens is 1. The monoisotopic (exact) mass is 397 g/mol. The Bertz CT molecular complexity index is 865. The molecule has 2 atom stereocenters. The van der Waals surface area contributed by atoms with Crippen LogP contribution in [0.1, 0.15) is 23.1 Å². The number of morpholine rings is 1. The van der Waals surface area contributed by atoms with Gasteiger partial charge in [-0.25, -0.2) is 4.98 Å². The van der Waals surface area contributed by atoms with Crippen molar-refractivity contribution < 1.29 is 9.47 Å². The quantitative estimate of drug-likeness (QED) is 0.633. The highest BCUT2D eigenvalue weighted by Crippen LogP contribution is 2.31. The topological polar surface area (TPSA) is 59.2 Å². The summed E-state index contributed by atoms with van der Waals surface area (Å²) in [4.78, 5) is 7.55. The lowest BCUT2D eigenvalue weighted by Crippen LogP contribution is -2.39. The molecular formula is C22H24ClN3O2. The maximum atomic E-state index is 6.54. The van der Waals surface area contributed by atoms with Crippen LogP contribution >= 0.6 is 11.6 Å². The molecule has 146 valence electrons. The molecule has 1 aromatic heterocycles. The molecule has 2 aromatic carbocycles. The van der Waals surface area contributed by atoms with Gasteiger partial charge in [0.25, 0.3) is 0 Å². The molecule has 3 aromatic rings. The summed E-state index contributed by atoms with van der Waals surface area (Å²) in [5, 5.41) is 3.96. The van der Waals surface area contributed by atoms with Gasteiger partial charge >= 0.3 is 0 Å². The number of nitrogens with one attached hydrogen (secondary N) is 2. The van der Waals surface area contributed by atoms with E-state index in [0.29, 0.717) is 17.2 Å². The summed E-state index contributed by atoms with van der Waals surface area (Å²) in [6.45, 7) is 2.54. The van der Waals surface area contributed by atoms with Gasteiger partial charge in [-0.3, -0.25) is 0 Å². The molecule has 2 heterocycles. The molecule has 0 bridgehead atoms. The van der Waals surface area contributed by atoms with Crippen LogP contribution in [0, 0.1) is 0 Å². The van der Waals surface area contributed by atoms with Crippen molar-refractivity contribution in [3.8, 4) is 5.75 Å². The van der Waals surface area contributed by atoms with E-state index in [1.807, 2.05) is 30.3 Å². The predicted octanol–water partition coefficient (Wildman–Crippen LogP) is 3.96. The Labute approximate surface area is 170 Å². The Hall–Kier alpha value is -2.34. The van der Waals surface area contributed by atoms with E-state index in [1.54, 1.807) is 12.4 Å². The Morgan fingerprint density at radius 1 is 1.18 bits per heavy atom. The highest BCUT2D eigenvalue weighted by molar-refractivity contribution is 6.32. The highest BCUT2D eigenvalue weighted by Gasteiger charge is 2.19. The summed E-state index contributed by atoms with van der Waals surface area (Å²) < 4.78 is 12.1. The van der Waals surface area contributed by atoms with E-state index in [9.17, 15) is 0 Å². The second-order valence-corrected chi connectivity index (χ2v) is 7.34. The molecule has 1 aliphatic heterocycles. The van der Waals surface area contributed by atoms with Crippen molar-refractivity contribution in [1.29, 1.82) is 0 Å². The molecule has 0 radical (unpaired) electrons. The minimum Gasteiger partial charge on any atom is -0.481 e. The largest absolute Gasteiger partial charge is 0.481 e. The van der Waals surface area contributed by atoms with Gasteiger partial charge in [-0.1, -0.05) is 48.0 Å².